The van der Waals surface area contributed by atoms with Crippen LogP contribution >= 0.6 is 24.0 Å². The second-order valence-electron chi connectivity index (χ2n) is 5.11. The molecular formula is C15H26IN3O2. The number of hydrogen-bond acceptors (Lipinski definition) is 3. The molecule has 0 spiro atoms. The van der Waals surface area contributed by atoms with Crippen molar-refractivity contribution in [2.24, 2.45) is 4.99 Å². The minimum Gasteiger partial charge on any atom is -0.467 e. The number of nitrogens with one attached hydrogen (secondary N) is 2. The van der Waals surface area contributed by atoms with Crippen molar-refractivity contribution in [2.75, 3.05) is 20.2 Å². The summed E-state index contributed by atoms with van der Waals surface area (Å²) < 4.78 is 10.7. The van der Waals surface area contributed by atoms with Crippen LogP contribution in [0.5, 0.6) is 0 Å². The van der Waals surface area contributed by atoms with E-state index in [0.717, 1.165) is 24.7 Å². The van der Waals surface area contributed by atoms with Gasteiger partial charge in [0, 0.05) is 26.2 Å². The van der Waals surface area contributed by atoms with Gasteiger partial charge in [0.1, 0.15) is 12.4 Å². The largest absolute Gasteiger partial charge is 0.467 e. The molecule has 1 aromatic rings. The van der Waals surface area contributed by atoms with Crippen LogP contribution in [-0.4, -0.2) is 32.2 Å². The first kappa shape index (κ1) is 18.3. The number of furan rings is 1. The Kier molecular flexibility index (Phi) is 9.49. The summed E-state index contributed by atoms with van der Waals surface area (Å²) in [4.78, 5) is 4.25. The summed E-state index contributed by atoms with van der Waals surface area (Å²) in [6.45, 7) is 2.13. The van der Waals surface area contributed by atoms with Gasteiger partial charge in [-0.1, -0.05) is 12.8 Å². The number of ether oxygens (including phenoxy) is 1. The molecule has 0 amide bonds. The lowest BCUT2D eigenvalue weighted by Gasteiger charge is -2.16. The molecule has 0 saturated heterocycles. The van der Waals surface area contributed by atoms with E-state index in [1.807, 2.05) is 19.2 Å². The fourth-order valence-corrected chi connectivity index (χ4v) is 2.41. The van der Waals surface area contributed by atoms with Gasteiger partial charge in [-0.05, 0) is 31.4 Å². The number of aliphatic imine (C=N–C) groups is 1. The Balaban J connectivity index is 0.00000220. The highest BCUT2D eigenvalue weighted by atomic mass is 127. The standard InChI is InChI=1S/C15H25N3O2.HI/c1-16-15(18-13-6-2-3-7-13)17-9-5-10-19-12-14-8-4-11-20-14;/h4,8,11,13H,2-3,5-7,9-10,12H2,1H3,(H2,16,17,18);1H. The van der Waals surface area contributed by atoms with Gasteiger partial charge in [-0.15, -0.1) is 24.0 Å². The van der Waals surface area contributed by atoms with Gasteiger partial charge in [0.2, 0.25) is 0 Å². The van der Waals surface area contributed by atoms with Crippen LogP contribution in [0.2, 0.25) is 0 Å². The van der Waals surface area contributed by atoms with Gasteiger partial charge >= 0.3 is 0 Å². The fourth-order valence-electron chi connectivity index (χ4n) is 2.41. The Morgan fingerprint density at radius 1 is 1.43 bits per heavy atom. The molecule has 120 valence electrons. The molecule has 2 N–H and O–H groups in total. The van der Waals surface area contributed by atoms with Crippen LogP contribution in [0.4, 0.5) is 0 Å². The molecule has 1 aliphatic carbocycles. The van der Waals surface area contributed by atoms with E-state index < -0.39 is 0 Å². The minimum absolute atomic E-state index is 0. The number of hydrogen-bond donors (Lipinski definition) is 2. The zero-order valence-corrected chi connectivity index (χ0v) is 15.0. The molecule has 0 unspecified atom stereocenters. The van der Waals surface area contributed by atoms with Crippen LogP contribution in [-0.2, 0) is 11.3 Å². The predicted octanol–water partition coefficient (Wildman–Crippen LogP) is 2.91. The van der Waals surface area contributed by atoms with Gasteiger partial charge < -0.3 is 19.8 Å². The van der Waals surface area contributed by atoms with Crippen molar-refractivity contribution in [2.45, 2.75) is 44.8 Å². The highest BCUT2D eigenvalue weighted by Crippen LogP contribution is 2.17. The molecule has 1 saturated carbocycles. The predicted molar refractivity (Wildman–Crippen MR) is 95.1 cm³/mol. The van der Waals surface area contributed by atoms with Gasteiger partial charge in [0.25, 0.3) is 0 Å². The molecule has 0 atom stereocenters. The number of rotatable bonds is 7. The molecule has 1 aromatic heterocycles. The van der Waals surface area contributed by atoms with Gasteiger partial charge in [0.15, 0.2) is 5.96 Å². The number of halogens is 1. The van der Waals surface area contributed by atoms with Crippen molar-refractivity contribution < 1.29 is 9.15 Å². The first-order chi connectivity index (χ1) is 9.88. The molecule has 1 aliphatic rings. The van der Waals surface area contributed by atoms with E-state index in [-0.39, 0.29) is 24.0 Å². The zero-order chi connectivity index (χ0) is 14.0. The second-order valence-corrected chi connectivity index (χ2v) is 5.11. The summed E-state index contributed by atoms with van der Waals surface area (Å²) in [5.74, 6) is 1.78. The topological polar surface area (TPSA) is 58.8 Å². The van der Waals surface area contributed by atoms with Crippen molar-refractivity contribution in [3.63, 3.8) is 0 Å². The summed E-state index contributed by atoms with van der Waals surface area (Å²) >= 11 is 0. The van der Waals surface area contributed by atoms with E-state index in [2.05, 4.69) is 15.6 Å². The van der Waals surface area contributed by atoms with E-state index in [1.165, 1.54) is 25.7 Å². The fraction of sp³-hybridized carbons (Fsp3) is 0.667. The van der Waals surface area contributed by atoms with E-state index >= 15 is 0 Å². The number of guanidine groups is 1. The first-order valence-electron chi connectivity index (χ1n) is 7.46. The Bertz CT molecular complexity index is 390. The molecule has 1 heterocycles. The van der Waals surface area contributed by atoms with Crippen LogP contribution in [0.1, 0.15) is 37.9 Å². The Morgan fingerprint density at radius 2 is 2.24 bits per heavy atom. The monoisotopic (exact) mass is 407 g/mol. The molecule has 21 heavy (non-hydrogen) atoms. The normalized spacial score (nSPS) is 15.8. The highest BCUT2D eigenvalue weighted by molar-refractivity contribution is 14.0. The second kappa shape index (κ2) is 10.9. The van der Waals surface area contributed by atoms with E-state index in [0.29, 0.717) is 19.3 Å². The first-order valence-corrected chi connectivity index (χ1v) is 7.46. The summed E-state index contributed by atoms with van der Waals surface area (Å²) in [5, 5.41) is 6.79. The third-order valence-electron chi connectivity index (χ3n) is 3.50. The van der Waals surface area contributed by atoms with E-state index in [9.17, 15) is 0 Å². The Hall–Kier alpha value is -0.760. The van der Waals surface area contributed by atoms with Crippen molar-refractivity contribution in [1.82, 2.24) is 10.6 Å². The number of nitrogens with zero attached hydrogens (tertiary/aromatic N) is 1. The lowest BCUT2D eigenvalue weighted by molar-refractivity contribution is 0.105. The molecule has 1 fully saturated rings. The molecule has 6 heteroatoms. The third kappa shape index (κ3) is 7.17. The maximum atomic E-state index is 5.53. The van der Waals surface area contributed by atoms with Crippen LogP contribution < -0.4 is 10.6 Å². The van der Waals surface area contributed by atoms with E-state index in [1.54, 1.807) is 6.26 Å². The third-order valence-corrected chi connectivity index (χ3v) is 3.50. The van der Waals surface area contributed by atoms with Crippen LogP contribution in [0.3, 0.4) is 0 Å². The van der Waals surface area contributed by atoms with Crippen molar-refractivity contribution in [1.29, 1.82) is 0 Å². The summed E-state index contributed by atoms with van der Waals surface area (Å²) in [6, 6.07) is 4.39. The summed E-state index contributed by atoms with van der Waals surface area (Å²) in [6.07, 6.45) is 7.79. The molecule has 0 aromatic carbocycles. The highest BCUT2D eigenvalue weighted by Gasteiger charge is 2.15. The van der Waals surface area contributed by atoms with Gasteiger partial charge in [-0.3, -0.25) is 4.99 Å². The summed E-state index contributed by atoms with van der Waals surface area (Å²) in [5.41, 5.74) is 0. The van der Waals surface area contributed by atoms with Crippen molar-refractivity contribution in [3.8, 4) is 0 Å². The smallest absolute Gasteiger partial charge is 0.191 e. The van der Waals surface area contributed by atoms with Crippen molar-refractivity contribution >= 4 is 29.9 Å². The molecule has 0 aliphatic heterocycles. The minimum atomic E-state index is 0. The van der Waals surface area contributed by atoms with Crippen LogP contribution in [0, 0.1) is 0 Å². The molecule has 2 rings (SSSR count). The SMILES string of the molecule is CN=C(NCCCOCc1ccco1)NC1CCCC1.I. The molecule has 0 bridgehead atoms. The lowest BCUT2D eigenvalue weighted by atomic mass is 10.2. The lowest BCUT2D eigenvalue weighted by Crippen LogP contribution is -2.42. The van der Waals surface area contributed by atoms with Gasteiger partial charge in [0.05, 0.1) is 6.26 Å². The van der Waals surface area contributed by atoms with Gasteiger partial charge in [-0.25, -0.2) is 0 Å². The van der Waals surface area contributed by atoms with Crippen molar-refractivity contribution in [3.05, 3.63) is 24.2 Å². The average Bonchev–Trinajstić information content (AvgIpc) is 3.14. The molecular weight excluding hydrogens is 381 g/mol. The van der Waals surface area contributed by atoms with Crippen LogP contribution in [0.15, 0.2) is 27.8 Å². The zero-order valence-electron chi connectivity index (χ0n) is 12.6. The van der Waals surface area contributed by atoms with Gasteiger partial charge in [-0.2, -0.15) is 0 Å². The molecule has 5 nitrogen and oxygen atoms in total. The Labute approximate surface area is 143 Å². The van der Waals surface area contributed by atoms with E-state index in [4.69, 9.17) is 9.15 Å². The van der Waals surface area contributed by atoms with Crippen LogP contribution in [0.25, 0.3) is 0 Å². The maximum Gasteiger partial charge on any atom is 0.191 e. The summed E-state index contributed by atoms with van der Waals surface area (Å²) in [7, 11) is 1.82. The average molecular weight is 407 g/mol. The maximum absolute atomic E-state index is 5.53. The quantitative estimate of drug-likeness (QED) is 0.316. The Morgan fingerprint density at radius 3 is 2.90 bits per heavy atom. The molecule has 0 radical (unpaired) electrons.